The van der Waals surface area contributed by atoms with Gasteiger partial charge in [-0.1, -0.05) is 0 Å². The number of hydrogen-bond donors (Lipinski definition) is 5. The van der Waals surface area contributed by atoms with Crippen LogP contribution in [0.5, 0.6) is 0 Å². The lowest BCUT2D eigenvalue weighted by Gasteiger charge is -2.16. The molecule has 2 atom stereocenters. The molecule has 3 rings (SSSR count). The Morgan fingerprint density at radius 2 is 1.66 bits per heavy atom. The molecule has 0 radical (unpaired) electrons. The average Bonchev–Trinajstić information content (AvgIpc) is 3.02. The number of rotatable bonds is 6. The molecule has 1 heterocycles. The van der Waals surface area contributed by atoms with Gasteiger partial charge in [0.05, 0.1) is 10.6 Å². The second kappa shape index (κ2) is 8.24. The average molecular weight is 485 g/mol. The predicted octanol–water partition coefficient (Wildman–Crippen LogP) is 0.219. The van der Waals surface area contributed by atoms with Gasteiger partial charge in [0.15, 0.2) is 12.1 Å². The van der Waals surface area contributed by atoms with E-state index in [1.54, 1.807) is 0 Å². The van der Waals surface area contributed by atoms with E-state index >= 15 is 0 Å². The first-order valence-electron chi connectivity index (χ1n) is 8.47. The monoisotopic (exact) mass is 485 g/mol. The van der Waals surface area contributed by atoms with Gasteiger partial charge in [0.1, 0.15) is 10.6 Å². The normalized spacial score (nSPS) is 19.6. The van der Waals surface area contributed by atoms with Crippen LogP contribution in [0.15, 0.2) is 62.5 Å². The third kappa shape index (κ3) is 4.73. The van der Waals surface area contributed by atoms with Crippen molar-refractivity contribution < 1.29 is 40.6 Å². The lowest BCUT2D eigenvalue weighted by atomic mass is 10.1. The molecular weight excluding hydrogens is 470 g/mol. The van der Waals surface area contributed by atoms with E-state index in [0.29, 0.717) is 0 Å². The number of aliphatic carboxylic acids is 1. The molecule has 14 nitrogen and oxygen atoms in total. The zero-order chi connectivity index (χ0) is 23.8. The summed E-state index contributed by atoms with van der Waals surface area (Å²) in [7, 11) is -9.23. The molecule has 1 aliphatic rings. The highest BCUT2D eigenvalue weighted by Crippen LogP contribution is 2.29. The zero-order valence-corrected chi connectivity index (χ0v) is 17.4. The number of amides is 1. The van der Waals surface area contributed by atoms with Gasteiger partial charge >= 0.3 is 5.97 Å². The maximum Gasteiger partial charge on any atom is 0.325 e. The third-order valence-corrected chi connectivity index (χ3v) is 6.02. The summed E-state index contributed by atoms with van der Waals surface area (Å²) in [6.07, 6.45) is 0. The lowest BCUT2D eigenvalue weighted by molar-refractivity contribution is -0.140. The van der Waals surface area contributed by atoms with Crippen molar-refractivity contribution in [3.63, 3.8) is 0 Å². The van der Waals surface area contributed by atoms with Crippen LogP contribution in [0, 0.1) is 0 Å². The smallest absolute Gasteiger partial charge is 0.325 e. The zero-order valence-electron chi connectivity index (χ0n) is 15.7. The number of hydrogen-bond acceptors (Lipinski definition) is 10. The Labute approximate surface area is 180 Å². The van der Waals surface area contributed by atoms with Gasteiger partial charge in [0, 0.05) is 5.69 Å². The number of carboxylic acid groups (broad SMARTS) is 1. The van der Waals surface area contributed by atoms with Crippen molar-refractivity contribution in [3.05, 3.63) is 42.5 Å². The Bertz CT molecular complexity index is 1320. The van der Waals surface area contributed by atoms with E-state index in [-0.39, 0.29) is 17.1 Å². The van der Waals surface area contributed by atoms with Crippen molar-refractivity contribution >= 4 is 49.2 Å². The molecule has 32 heavy (non-hydrogen) atoms. The number of benzene rings is 2. The van der Waals surface area contributed by atoms with Crippen LogP contribution >= 0.6 is 0 Å². The van der Waals surface area contributed by atoms with Crippen LogP contribution in [-0.2, 0) is 29.8 Å². The summed E-state index contributed by atoms with van der Waals surface area (Å²) in [5, 5.41) is 17.5. The second-order valence-electron chi connectivity index (χ2n) is 6.45. The fraction of sp³-hybridized carbons (Fsp3) is 0.125. The summed E-state index contributed by atoms with van der Waals surface area (Å²) in [6, 6.07) is 4.32. The van der Waals surface area contributed by atoms with Crippen molar-refractivity contribution in [3.8, 4) is 0 Å². The Hall–Kier alpha value is -3.44. The fourth-order valence-electron chi connectivity index (χ4n) is 2.77. The molecule has 0 spiro atoms. The number of anilines is 2. The number of carboxylic acids is 1. The van der Waals surface area contributed by atoms with Gasteiger partial charge in [-0.2, -0.15) is 27.1 Å². The summed E-state index contributed by atoms with van der Waals surface area (Å²) in [5.41, 5.74) is 7.54. The standard InChI is InChI=1S/C16H15N5O9S2/c17-8-1-6-11(12(7-8)32(28,29)30)18-19-13-14(16(23)24)20-21(15(13)22)9-2-4-10(5-3-9)31(25,26)27/h1-7,13-14,20H,17H2,(H,23,24)(H,25,26,27)(H,28,29,30). The van der Waals surface area contributed by atoms with Crippen LogP contribution < -0.4 is 16.2 Å². The van der Waals surface area contributed by atoms with Crippen LogP contribution in [0.3, 0.4) is 0 Å². The van der Waals surface area contributed by atoms with Crippen molar-refractivity contribution in [2.24, 2.45) is 10.2 Å². The van der Waals surface area contributed by atoms with Gasteiger partial charge in [-0.15, -0.1) is 0 Å². The van der Waals surface area contributed by atoms with Crippen molar-refractivity contribution in [1.29, 1.82) is 0 Å². The van der Waals surface area contributed by atoms with Gasteiger partial charge < -0.3 is 10.8 Å². The largest absolute Gasteiger partial charge is 0.480 e. The number of nitrogens with zero attached hydrogens (tertiary/aromatic N) is 3. The first-order valence-corrected chi connectivity index (χ1v) is 11.4. The molecule has 0 bridgehead atoms. The van der Waals surface area contributed by atoms with Gasteiger partial charge in [-0.3, -0.25) is 18.7 Å². The number of nitrogen functional groups attached to an aromatic ring is 1. The summed E-state index contributed by atoms with van der Waals surface area (Å²) in [6.45, 7) is 0. The number of hydrazine groups is 1. The van der Waals surface area contributed by atoms with Crippen LogP contribution in [-0.4, -0.2) is 55.0 Å². The van der Waals surface area contributed by atoms with Gasteiger partial charge in [0.2, 0.25) is 0 Å². The lowest BCUT2D eigenvalue weighted by Crippen LogP contribution is -2.42. The number of nitrogens with one attached hydrogen (secondary N) is 1. The van der Waals surface area contributed by atoms with Gasteiger partial charge in [-0.05, 0) is 42.5 Å². The quantitative estimate of drug-likeness (QED) is 0.211. The minimum absolute atomic E-state index is 0.00175. The molecule has 1 fully saturated rings. The Kier molecular flexibility index (Phi) is 5.98. The molecular formula is C16H15N5O9S2. The highest BCUT2D eigenvalue weighted by molar-refractivity contribution is 7.86. The number of azo groups is 1. The molecule has 2 unspecified atom stereocenters. The van der Waals surface area contributed by atoms with Crippen molar-refractivity contribution in [2.45, 2.75) is 21.9 Å². The van der Waals surface area contributed by atoms with E-state index in [4.69, 9.17) is 10.3 Å². The van der Waals surface area contributed by atoms with Crippen molar-refractivity contribution in [1.82, 2.24) is 5.43 Å². The first kappa shape index (κ1) is 23.2. The molecule has 6 N–H and O–H groups in total. The summed E-state index contributed by atoms with van der Waals surface area (Å²) in [4.78, 5) is 23.2. The maximum absolute atomic E-state index is 12.8. The van der Waals surface area contributed by atoms with Crippen LogP contribution in [0.25, 0.3) is 0 Å². The van der Waals surface area contributed by atoms with E-state index in [0.717, 1.165) is 41.4 Å². The Balaban J connectivity index is 1.95. The number of carbonyl (C=O) groups is 2. The van der Waals surface area contributed by atoms with Crippen LogP contribution in [0.2, 0.25) is 0 Å². The molecule has 2 aromatic rings. The minimum Gasteiger partial charge on any atom is -0.480 e. The minimum atomic E-state index is -4.75. The van der Waals surface area contributed by atoms with E-state index < -0.39 is 54.0 Å². The molecule has 0 aliphatic carbocycles. The van der Waals surface area contributed by atoms with Gasteiger partial charge in [-0.25, -0.2) is 10.4 Å². The predicted molar refractivity (Wildman–Crippen MR) is 107 cm³/mol. The Morgan fingerprint density at radius 1 is 1.03 bits per heavy atom. The fourth-order valence-corrected chi connectivity index (χ4v) is 3.91. The molecule has 170 valence electrons. The topological polar surface area (TPSA) is 229 Å². The first-order chi connectivity index (χ1) is 14.8. The van der Waals surface area contributed by atoms with E-state index in [1.165, 1.54) is 6.07 Å². The SMILES string of the molecule is Nc1ccc(N=NC2C(=O)N(c3ccc(S(=O)(=O)O)cc3)NC2C(=O)O)c(S(=O)(=O)O)c1. The van der Waals surface area contributed by atoms with E-state index in [9.17, 15) is 36.1 Å². The third-order valence-electron chi connectivity index (χ3n) is 4.27. The Morgan fingerprint density at radius 3 is 2.19 bits per heavy atom. The van der Waals surface area contributed by atoms with E-state index in [2.05, 4.69) is 15.7 Å². The van der Waals surface area contributed by atoms with Gasteiger partial charge in [0.25, 0.3) is 26.1 Å². The van der Waals surface area contributed by atoms with Crippen molar-refractivity contribution in [2.75, 3.05) is 10.7 Å². The number of carbonyl (C=O) groups excluding carboxylic acids is 1. The highest BCUT2D eigenvalue weighted by atomic mass is 32.2. The molecule has 1 amide bonds. The van der Waals surface area contributed by atoms with Crippen LogP contribution in [0.4, 0.5) is 17.1 Å². The van der Waals surface area contributed by atoms with Crippen LogP contribution in [0.1, 0.15) is 0 Å². The molecule has 0 aromatic heterocycles. The molecule has 0 saturated carbocycles. The summed E-state index contributed by atoms with van der Waals surface area (Å²) >= 11 is 0. The number of nitrogens with two attached hydrogens (primary N) is 1. The maximum atomic E-state index is 12.8. The molecule has 1 saturated heterocycles. The summed E-state index contributed by atoms with van der Waals surface area (Å²) < 4.78 is 63.7. The summed E-state index contributed by atoms with van der Waals surface area (Å²) in [5.74, 6) is -2.38. The van der Waals surface area contributed by atoms with E-state index in [1.807, 2.05) is 0 Å². The highest BCUT2D eigenvalue weighted by Gasteiger charge is 2.45. The molecule has 16 heteroatoms. The molecule has 1 aliphatic heterocycles. The molecule has 2 aromatic carbocycles. The second-order valence-corrected chi connectivity index (χ2v) is 9.26.